The van der Waals surface area contributed by atoms with Gasteiger partial charge in [0.05, 0.1) is 0 Å². The number of aliphatic hydroxyl groups excluding tert-OH is 1. The van der Waals surface area contributed by atoms with Crippen LogP contribution in [-0.2, 0) is 6.42 Å². The van der Waals surface area contributed by atoms with E-state index in [4.69, 9.17) is 11.6 Å². The summed E-state index contributed by atoms with van der Waals surface area (Å²) < 4.78 is 0. The molecule has 2 amide bonds. The number of amides is 2. The highest BCUT2D eigenvalue weighted by Crippen LogP contribution is 2.27. The van der Waals surface area contributed by atoms with Crippen LogP contribution < -0.4 is 4.90 Å². The smallest absolute Gasteiger partial charge is 0.328 e. The Balaban J connectivity index is 1.91. The number of carbonyl (C=O) groups excluding carboxylic acids is 1. The molecule has 2 heterocycles. The van der Waals surface area contributed by atoms with Crippen LogP contribution in [-0.4, -0.2) is 51.9 Å². The van der Waals surface area contributed by atoms with Crippen molar-refractivity contribution in [3.8, 4) is 0 Å². The summed E-state index contributed by atoms with van der Waals surface area (Å²) >= 11 is 7.02. The molecule has 0 saturated carbocycles. The van der Waals surface area contributed by atoms with E-state index in [1.54, 1.807) is 11.9 Å². The van der Waals surface area contributed by atoms with Crippen LogP contribution in [0.25, 0.3) is 0 Å². The standard InChI is InChI=1S/C13H21ClN4O2S/c1-17-9-7-11(19)18(13(17)20)12-16-15-10(21-12)6-4-2-3-5-8-14/h11,19H,2-9H2,1H3. The third kappa shape index (κ3) is 4.28. The van der Waals surface area contributed by atoms with Crippen LogP contribution in [0.1, 0.15) is 37.1 Å². The zero-order valence-electron chi connectivity index (χ0n) is 12.2. The van der Waals surface area contributed by atoms with Crippen LogP contribution in [0.3, 0.4) is 0 Å². The molecule has 1 fully saturated rings. The first-order valence-corrected chi connectivity index (χ1v) is 8.59. The van der Waals surface area contributed by atoms with Gasteiger partial charge in [0.1, 0.15) is 11.2 Å². The van der Waals surface area contributed by atoms with Crippen molar-refractivity contribution in [1.29, 1.82) is 0 Å². The molecule has 1 aliphatic heterocycles. The van der Waals surface area contributed by atoms with Crippen LogP contribution in [0, 0.1) is 0 Å². The molecule has 21 heavy (non-hydrogen) atoms. The number of aryl methyl sites for hydroxylation is 1. The minimum Gasteiger partial charge on any atom is -0.373 e. The Morgan fingerprint density at radius 3 is 2.86 bits per heavy atom. The SMILES string of the molecule is CN1CCC(O)N(c2nnc(CCCCCCCl)s2)C1=O. The van der Waals surface area contributed by atoms with Gasteiger partial charge in [0.2, 0.25) is 5.13 Å². The fraction of sp³-hybridized carbons (Fsp3) is 0.769. The number of nitrogens with zero attached hydrogens (tertiary/aromatic N) is 4. The molecule has 0 radical (unpaired) electrons. The van der Waals surface area contributed by atoms with Gasteiger partial charge in [-0.25, -0.2) is 9.69 Å². The molecule has 1 aromatic heterocycles. The van der Waals surface area contributed by atoms with E-state index < -0.39 is 6.23 Å². The lowest BCUT2D eigenvalue weighted by molar-refractivity contribution is 0.116. The second-order valence-electron chi connectivity index (χ2n) is 5.17. The zero-order valence-corrected chi connectivity index (χ0v) is 13.7. The van der Waals surface area contributed by atoms with Crippen LogP contribution in [0.4, 0.5) is 9.93 Å². The summed E-state index contributed by atoms with van der Waals surface area (Å²) in [6, 6.07) is -0.224. The summed E-state index contributed by atoms with van der Waals surface area (Å²) in [6.45, 7) is 0.558. The maximum absolute atomic E-state index is 12.1. The van der Waals surface area contributed by atoms with E-state index >= 15 is 0 Å². The van der Waals surface area contributed by atoms with Crippen molar-refractivity contribution in [2.24, 2.45) is 0 Å². The highest BCUT2D eigenvalue weighted by atomic mass is 35.5. The molecule has 0 bridgehead atoms. The van der Waals surface area contributed by atoms with Crippen molar-refractivity contribution < 1.29 is 9.90 Å². The Morgan fingerprint density at radius 1 is 1.33 bits per heavy atom. The zero-order chi connectivity index (χ0) is 15.2. The van der Waals surface area contributed by atoms with Gasteiger partial charge < -0.3 is 10.0 Å². The number of hydrogen-bond acceptors (Lipinski definition) is 5. The van der Waals surface area contributed by atoms with Crippen LogP contribution in [0.2, 0.25) is 0 Å². The second-order valence-corrected chi connectivity index (χ2v) is 6.59. The summed E-state index contributed by atoms with van der Waals surface area (Å²) in [7, 11) is 1.72. The maximum atomic E-state index is 12.1. The molecule has 118 valence electrons. The van der Waals surface area contributed by atoms with Gasteiger partial charge >= 0.3 is 6.03 Å². The van der Waals surface area contributed by atoms with E-state index in [2.05, 4.69) is 10.2 Å². The van der Waals surface area contributed by atoms with Gasteiger partial charge in [-0.3, -0.25) is 0 Å². The fourth-order valence-electron chi connectivity index (χ4n) is 2.22. The Kier molecular flexibility index (Phi) is 6.20. The third-order valence-corrected chi connectivity index (χ3v) is 4.74. The van der Waals surface area contributed by atoms with Crippen molar-refractivity contribution in [3.05, 3.63) is 5.01 Å². The number of anilines is 1. The number of aromatic nitrogens is 2. The number of alkyl halides is 1. The summed E-state index contributed by atoms with van der Waals surface area (Å²) in [6.07, 6.45) is 4.91. The molecule has 8 heteroatoms. The number of hydrogen-bond donors (Lipinski definition) is 1. The van der Waals surface area contributed by atoms with Crippen molar-refractivity contribution in [1.82, 2.24) is 15.1 Å². The monoisotopic (exact) mass is 332 g/mol. The van der Waals surface area contributed by atoms with E-state index in [-0.39, 0.29) is 6.03 Å². The molecular weight excluding hydrogens is 312 g/mol. The Labute approximate surface area is 133 Å². The largest absolute Gasteiger partial charge is 0.373 e. The van der Waals surface area contributed by atoms with Crippen LogP contribution >= 0.6 is 22.9 Å². The number of rotatable bonds is 7. The van der Waals surface area contributed by atoms with Gasteiger partial charge in [-0.05, 0) is 12.8 Å². The molecule has 1 aromatic rings. The number of halogens is 1. The van der Waals surface area contributed by atoms with Gasteiger partial charge in [-0.2, -0.15) is 0 Å². The molecule has 0 spiro atoms. The summed E-state index contributed by atoms with van der Waals surface area (Å²) in [5.41, 5.74) is 0. The van der Waals surface area contributed by atoms with Gasteiger partial charge in [0.15, 0.2) is 0 Å². The predicted octanol–water partition coefficient (Wildman–Crippen LogP) is 2.46. The van der Waals surface area contributed by atoms with Crippen LogP contribution in [0.5, 0.6) is 0 Å². The minimum absolute atomic E-state index is 0.224. The lowest BCUT2D eigenvalue weighted by Crippen LogP contribution is -2.53. The van der Waals surface area contributed by atoms with Gasteiger partial charge in [-0.1, -0.05) is 24.2 Å². The maximum Gasteiger partial charge on any atom is 0.328 e. The first kappa shape index (κ1) is 16.5. The second kappa shape index (κ2) is 7.91. The number of urea groups is 1. The Hall–Kier alpha value is -0.920. The van der Waals surface area contributed by atoms with E-state index in [1.807, 2.05) is 0 Å². The molecule has 1 atom stereocenters. The lowest BCUT2D eigenvalue weighted by Gasteiger charge is -2.35. The highest BCUT2D eigenvalue weighted by Gasteiger charge is 2.33. The van der Waals surface area contributed by atoms with Crippen molar-refractivity contribution in [2.75, 3.05) is 24.4 Å². The Morgan fingerprint density at radius 2 is 2.10 bits per heavy atom. The highest BCUT2D eigenvalue weighted by molar-refractivity contribution is 7.15. The van der Waals surface area contributed by atoms with Gasteiger partial charge in [0.25, 0.3) is 0 Å². The Bertz CT molecular complexity index is 471. The lowest BCUT2D eigenvalue weighted by atomic mass is 10.2. The first-order chi connectivity index (χ1) is 10.1. The summed E-state index contributed by atoms with van der Waals surface area (Å²) in [5, 5.41) is 19.6. The van der Waals surface area contributed by atoms with Crippen LogP contribution in [0.15, 0.2) is 0 Å². The topological polar surface area (TPSA) is 69.6 Å². The first-order valence-electron chi connectivity index (χ1n) is 7.24. The quantitative estimate of drug-likeness (QED) is 0.615. The van der Waals surface area contributed by atoms with E-state index in [0.29, 0.717) is 24.0 Å². The van der Waals surface area contributed by atoms with Crippen molar-refractivity contribution in [3.63, 3.8) is 0 Å². The van der Waals surface area contributed by atoms with E-state index in [1.165, 1.54) is 16.2 Å². The third-order valence-electron chi connectivity index (χ3n) is 3.49. The van der Waals surface area contributed by atoms with Gasteiger partial charge in [0, 0.05) is 32.3 Å². The molecule has 2 rings (SSSR count). The molecule has 1 saturated heterocycles. The molecular formula is C13H21ClN4O2S. The summed E-state index contributed by atoms with van der Waals surface area (Å²) in [5.74, 6) is 0.714. The van der Waals surface area contributed by atoms with E-state index in [0.717, 1.165) is 37.1 Å². The number of aliphatic hydroxyl groups is 1. The van der Waals surface area contributed by atoms with Gasteiger partial charge in [-0.15, -0.1) is 21.8 Å². The van der Waals surface area contributed by atoms with Crippen molar-refractivity contribution in [2.45, 2.75) is 44.8 Å². The average Bonchev–Trinajstić information content (AvgIpc) is 2.92. The molecule has 0 aliphatic carbocycles. The molecule has 1 aliphatic rings. The molecule has 1 unspecified atom stereocenters. The molecule has 1 N–H and O–H groups in total. The fourth-order valence-corrected chi connectivity index (χ4v) is 3.33. The number of carbonyl (C=O) groups is 1. The average molecular weight is 333 g/mol. The molecule has 6 nitrogen and oxygen atoms in total. The van der Waals surface area contributed by atoms with E-state index in [9.17, 15) is 9.90 Å². The number of unbranched alkanes of at least 4 members (excludes halogenated alkanes) is 3. The predicted molar refractivity (Wildman–Crippen MR) is 83.9 cm³/mol. The minimum atomic E-state index is -0.807. The normalized spacial score (nSPS) is 19.4. The molecule has 0 aromatic carbocycles. The summed E-state index contributed by atoms with van der Waals surface area (Å²) in [4.78, 5) is 15.0. The van der Waals surface area contributed by atoms with Crippen molar-refractivity contribution >= 4 is 34.1 Å².